The fraction of sp³-hybridized carbons (Fsp3) is 0.259. The van der Waals surface area contributed by atoms with E-state index in [1.54, 1.807) is 14.2 Å². The Bertz CT molecular complexity index is 1140. The average molecular weight is 575 g/mol. The second-order valence-corrected chi connectivity index (χ2v) is 15.7. The maximum Gasteiger partial charge on any atom is 0.118 e. The van der Waals surface area contributed by atoms with Crippen LogP contribution >= 0.6 is 70.6 Å². The molecule has 0 atom stereocenters. The van der Waals surface area contributed by atoms with Crippen molar-refractivity contribution in [1.29, 1.82) is 0 Å². The third-order valence-electron chi connectivity index (χ3n) is 5.61. The molecule has 35 heavy (non-hydrogen) atoms. The van der Waals surface area contributed by atoms with Gasteiger partial charge >= 0.3 is 0 Å². The van der Waals surface area contributed by atoms with Gasteiger partial charge in [-0.25, -0.2) is 0 Å². The maximum absolute atomic E-state index is 5.48. The third kappa shape index (κ3) is 5.68. The minimum Gasteiger partial charge on any atom is -0.497 e. The van der Waals surface area contributed by atoms with Crippen molar-refractivity contribution in [2.75, 3.05) is 25.7 Å². The predicted molar refractivity (Wildman–Crippen MR) is 165 cm³/mol. The van der Waals surface area contributed by atoms with Gasteiger partial charge in [0.2, 0.25) is 0 Å². The summed E-state index contributed by atoms with van der Waals surface area (Å²) in [6.07, 6.45) is 1.22. The van der Waals surface area contributed by atoms with Crippen molar-refractivity contribution in [1.82, 2.24) is 0 Å². The third-order valence-corrected chi connectivity index (χ3v) is 14.0. The molecule has 0 saturated carbocycles. The molecule has 3 heterocycles. The van der Waals surface area contributed by atoms with Crippen molar-refractivity contribution in [3.05, 3.63) is 86.4 Å². The van der Waals surface area contributed by atoms with Crippen LogP contribution in [0.1, 0.15) is 31.4 Å². The molecule has 0 amide bonds. The Morgan fingerprint density at radius 3 is 1.31 bits per heavy atom. The lowest BCUT2D eigenvalue weighted by atomic mass is 9.94. The van der Waals surface area contributed by atoms with E-state index in [9.17, 15) is 0 Å². The molecule has 0 spiro atoms. The number of ether oxygens (including phenoxy) is 2. The average Bonchev–Trinajstić information content (AvgIpc) is 3.43. The summed E-state index contributed by atoms with van der Waals surface area (Å²) in [5, 5.41) is 0. The number of hydrogen-bond donors (Lipinski definition) is 0. The maximum atomic E-state index is 5.48. The zero-order valence-electron chi connectivity index (χ0n) is 20.0. The van der Waals surface area contributed by atoms with E-state index in [0.29, 0.717) is 0 Å². The van der Waals surface area contributed by atoms with Crippen LogP contribution in [0.25, 0.3) is 11.1 Å². The highest BCUT2D eigenvalue weighted by Crippen LogP contribution is 2.62. The van der Waals surface area contributed by atoms with Gasteiger partial charge in [-0.15, -0.1) is 23.5 Å². The van der Waals surface area contributed by atoms with Gasteiger partial charge in [0.25, 0.3) is 0 Å². The minimum atomic E-state index is 0.876. The number of rotatable bonds is 4. The van der Waals surface area contributed by atoms with Gasteiger partial charge in [-0.3, -0.25) is 0 Å². The zero-order chi connectivity index (χ0) is 24.4. The van der Waals surface area contributed by atoms with E-state index in [4.69, 9.17) is 9.47 Å². The van der Waals surface area contributed by atoms with Crippen LogP contribution in [0.2, 0.25) is 0 Å². The first-order valence-electron chi connectivity index (χ1n) is 11.2. The standard InChI is InChI=1S/C27H26O2S6/c1-16-24-30-14-5-15-31-25-17(2)33-27(35-25)23(19-8-12-21(29-4)13-9-19)22(26(32-16)34-24)18-6-10-20(28-3)11-7-18/h6-13H,5,14-15H2,1-4H3/b26-22-,27-23-. The van der Waals surface area contributed by atoms with Gasteiger partial charge in [0, 0.05) is 21.0 Å². The molecule has 0 N–H and O–H groups in total. The fourth-order valence-corrected chi connectivity index (χ4v) is 12.5. The normalized spacial score (nSPS) is 23.2. The Morgan fingerprint density at radius 2 is 0.943 bits per heavy atom. The molecule has 0 unspecified atom stereocenters. The van der Waals surface area contributed by atoms with E-state index < -0.39 is 0 Å². The predicted octanol–water partition coefficient (Wildman–Crippen LogP) is 9.95. The molecule has 0 saturated heterocycles. The topological polar surface area (TPSA) is 18.5 Å². The SMILES string of the molecule is COc1ccc(C2=C3\SC(C)=C(SCCCSC4=C(C)S\C(=C\2c2ccc(OC)cc2)S4)S3)cc1. The molecule has 2 aromatic carbocycles. The lowest BCUT2D eigenvalue weighted by molar-refractivity contribution is 0.414. The molecule has 5 rings (SSSR count). The van der Waals surface area contributed by atoms with Gasteiger partial charge in [0.05, 0.1) is 31.2 Å². The van der Waals surface area contributed by atoms with Crippen LogP contribution in [0.5, 0.6) is 11.5 Å². The molecule has 0 radical (unpaired) electrons. The molecule has 3 aliphatic rings. The Hall–Kier alpha value is -0.900. The summed E-state index contributed by atoms with van der Waals surface area (Å²) < 4.78 is 16.6. The molecular formula is C27H26O2S6. The molecule has 182 valence electrons. The van der Waals surface area contributed by atoms with E-state index in [-0.39, 0.29) is 0 Å². The highest BCUT2D eigenvalue weighted by atomic mass is 32.2. The van der Waals surface area contributed by atoms with Crippen LogP contribution in [-0.4, -0.2) is 25.7 Å². The van der Waals surface area contributed by atoms with E-state index >= 15 is 0 Å². The quantitative estimate of drug-likeness (QED) is 0.354. The highest BCUT2D eigenvalue weighted by molar-refractivity contribution is 8.36. The molecule has 3 aliphatic heterocycles. The molecule has 8 heteroatoms. The van der Waals surface area contributed by atoms with Crippen LogP contribution in [0.4, 0.5) is 0 Å². The summed E-state index contributed by atoms with van der Waals surface area (Å²) in [7, 11) is 3.44. The number of allylic oxidation sites excluding steroid dienone is 4. The molecule has 2 aromatic rings. The van der Waals surface area contributed by atoms with Gasteiger partial charge in [-0.05, 0) is 67.2 Å². The van der Waals surface area contributed by atoms with Gasteiger partial charge in [-0.2, -0.15) is 0 Å². The fourth-order valence-electron chi connectivity index (χ4n) is 3.81. The monoisotopic (exact) mass is 574 g/mol. The second-order valence-electron chi connectivity index (χ2n) is 7.93. The van der Waals surface area contributed by atoms with E-state index in [0.717, 1.165) is 23.0 Å². The van der Waals surface area contributed by atoms with Crippen molar-refractivity contribution in [2.45, 2.75) is 20.3 Å². The van der Waals surface area contributed by atoms with Gasteiger partial charge in [-0.1, -0.05) is 71.3 Å². The van der Waals surface area contributed by atoms with Gasteiger partial charge < -0.3 is 9.47 Å². The van der Waals surface area contributed by atoms with Gasteiger partial charge in [0.1, 0.15) is 11.5 Å². The van der Waals surface area contributed by atoms with Crippen LogP contribution in [0, 0.1) is 0 Å². The molecule has 0 aliphatic carbocycles. The number of benzene rings is 2. The van der Waals surface area contributed by atoms with Crippen molar-refractivity contribution in [3.63, 3.8) is 0 Å². The lowest BCUT2D eigenvalue weighted by Gasteiger charge is -2.19. The first-order valence-corrected chi connectivity index (χ1v) is 16.5. The number of fused-ring (bicyclic) bond motifs is 4. The Labute approximate surface area is 233 Å². The summed E-state index contributed by atoms with van der Waals surface area (Å²) in [4.78, 5) is 2.82. The van der Waals surface area contributed by atoms with Crippen molar-refractivity contribution < 1.29 is 9.47 Å². The molecule has 0 fully saturated rings. The lowest BCUT2D eigenvalue weighted by Crippen LogP contribution is -1.96. The first kappa shape index (κ1) is 25.7. The van der Waals surface area contributed by atoms with Crippen LogP contribution < -0.4 is 9.47 Å². The van der Waals surface area contributed by atoms with Crippen molar-refractivity contribution in [3.8, 4) is 11.5 Å². The largest absolute Gasteiger partial charge is 0.497 e. The van der Waals surface area contributed by atoms with Crippen LogP contribution in [-0.2, 0) is 0 Å². The number of methoxy groups -OCH3 is 2. The highest BCUT2D eigenvalue weighted by Gasteiger charge is 2.30. The molecule has 4 bridgehead atoms. The summed E-state index contributed by atoms with van der Waals surface area (Å²) in [5.41, 5.74) is 5.04. The van der Waals surface area contributed by atoms with E-state index in [1.165, 1.54) is 55.5 Å². The Balaban J connectivity index is 1.73. The number of thioether (sulfide) groups is 6. The number of hydrogen-bond acceptors (Lipinski definition) is 8. The van der Waals surface area contributed by atoms with Crippen molar-refractivity contribution >= 4 is 81.7 Å². The molecule has 2 nitrogen and oxygen atoms in total. The minimum absolute atomic E-state index is 0.876. The van der Waals surface area contributed by atoms with E-state index in [1.807, 2.05) is 70.6 Å². The van der Waals surface area contributed by atoms with Crippen LogP contribution in [0.3, 0.4) is 0 Å². The van der Waals surface area contributed by atoms with Crippen molar-refractivity contribution in [2.24, 2.45) is 0 Å². The zero-order valence-corrected chi connectivity index (χ0v) is 24.9. The summed E-state index contributed by atoms with van der Waals surface area (Å²) in [5.74, 6) is 4.07. The Morgan fingerprint density at radius 1 is 0.543 bits per heavy atom. The van der Waals surface area contributed by atoms with E-state index in [2.05, 4.69) is 62.4 Å². The summed E-state index contributed by atoms with van der Waals surface area (Å²) in [6.45, 7) is 4.53. The molecular weight excluding hydrogens is 549 g/mol. The summed E-state index contributed by atoms with van der Waals surface area (Å²) >= 11 is 11.7. The summed E-state index contributed by atoms with van der Waals surface area (Å²) in [6, 6.07) is 17.1. The molecule has 0 aromatic heterocycles. The van der Waals surface area contributed by atoms with Gasteiger partial charge in [0.15, 0.2) is 0 Å². The van der Waals surface area contributed by atoms with Crippen LogP contribution in [0.15, 0.2) is 75.3 Å². The Kier molecular flexibility index (Phi) is 8.57. The smallest absolute Gasteiger partial charge is 0.118 e. The second kappa shape index (κ2) is 11.7. The first-order chi connectivity index (χ1) is 17.1.